The van der Waals surface area contributed by atoms with Gasteiger partial charge >= 0.3 is 0 Å². The number of hydrogen-bond donors (Lipinski definition) is 6. The highest BCUT2D eigenvalue weighted by Gasteiger charge is 2.41. The van der Waals surface area contributed by atoms with Crippen molar-refractivity contribution < 1.29 is 15.3 Å². The molecule has 2 aromatic heterocycles. The molecule has 3 aromatic rings. The Bertz CT molecular complexity index is 1090. The van der Waals surface area contributed by atoms with E-state index in [0.717, 1.165) is 23.1 Å². The van der Waals surface area contributed by atoms with Crippen molar-refractivity contribution in [3.63, 3.8) is 0 Å². The molecule has 4 unspecified atom stereocenters. The average Bonchev–Trinajstić information content (AvgIpc) is 3.37. The zero-order valence-corrected chi connectivity index (χ0v) is 16.9. The summed E-state index contributed by atoms with van der Waals surface area (Å²) in [5.41, 5.74) is 0.757. The van der Waals surface area contributed by atoms with Crippen LogP contribution < -0.4 is 16.2 Å². The highest BCUT2D eigenvalue weighted by molar-refractivity contribution is 7.21. The van der Waals surface area contributed by atoms with E-state index in [1.807, 2.05) is 24.3 Å². The van der Waals surface area contributed by atoms with Gasteiger partial charge in [-0.1, -0.05) is 12.1 Å². The summed E-state index contributed by atoms with van der Waals surface area (Å²) in [5.74, 6) is 0.229. The van der Waals surface area contributed by atoms with E-state index < -0.39 is 24.2 Å². The lowest BCUT2D eigenvalue weighted by molar-refractivity contribution is 0.00446. The van der Waals surface area contributed by atoms with Crippen molar-refractivity contribution in [2.75, 3.05) is 17.2 Å². The number of anilines is 2. The maximum absolute atomic E-state index is 13.0. The summed E-state index contributed by atoms with van der Waals surface area (Å²) in [6.07, 6.45) is 0.295. The fourth-order valence-electron chi connectivity index (χ4n) is 3.87. The van der Waals surface area contributed by atoms with Crippen molar-refractivity contribution in [3.05, 3.63) is 34.6 Å². The third-order valence-corrected chi connectivity index (χ3v) is 6.76. The first kappa shape index (κ1) is 19.4. The largest absolute Gasteiger partial charge is 0.396 e. The van der Waals surface area contributed by atoms with Crippen molar-refractivity contribution >= 4 is 33.3 Å². The first-order valence-electron chi connectivity index (χ1n) is 10.0. The number of benzene rings is 1. The summed E-state index contributed by atoms with van der Waals surface area (Å²) in [7, 11) is 0. The molecule has 5 rings (SSSR count). The summed E-state index contributed by atoms with van der Waals surface area (Å²) >= 11 is 1.39. The van der Waals surface area contributed by atoms with Gasteiger partial charge in [-0.2, -0.15) is 4.98 Å². The number of nitrogens with zero attached hydrogens (tertiary/aromatic N) is 2. The van der Waals surface area contributed by atoms with E-state index in [9.17, 15) is 20.1 Å². The zero-order chi connectivity index (χ0) is 20.8. The lowest BCUT2D eigenvalue weighted by Gasteiger charge is -2.20. The molecule has 2 saturated carbocycles. The van der Waals surface area contributed by atoms with Crippen molar-refractivity contribution in [1.29, 1.82) is 0 Å². The average molecular weight is 430 g/mol. The second-order valence-electron chi connectivity index (χ2n) is 7.95. The van der Waals surface area contributed by atoms with E-state index >= 15 is 0 Å². The minimum absolute atomic E-state index is 0.224. The van der Waals surface area contributed by atoms with E-state index in [1.54, 1.807) is 0 Å². The van der Waals surface area contributed by atoms with Gasteiger partial charge in [0.25, 0.3) is 5.56 Å². The third kappa shape index (κ3) is 3.56. The monoisotopic (exact) mass is 429 g/mol. The van der Waals surface area contributed by atoms with Crippen LogP contribution in [0.25, 0.3) is 20.8 Å². The molecule has 30 heavy (non-hydrogen) atoms. The Morgan fingerprint density at radius 3 is 2.63 bits per heavy atom. The molecule has 0 radical (unpaired) electrons. The number of H-pyrrole nitrogens is 1. The molecule has 2 heterocycles. The van der Waals surface area contributed by atoms with Crippen LogP contribution in [0.1, 0.15) is 19.3 Å². The molecule has 1 aromatic carbocycles. The second kappa shape index (κ2) is 7.62. The molecule has 0 bridgehead atoms. The van der Waals surface area contributed by atoms with Gasteiger partial charge in [-0.3, -0.25) is 9.78 Å². The van der Waals surface area contributed by atoms with Crippen LogP contribution in [-0.4, -0.2) is 61.2 Å². The highest BCUT2D eigenvalue weighted by atomic mass is 32.1. The van der Waals surface area contributed by atoms with E-state index in [1.165, 1.54) is 11.3 Å². The molecule has 6 N–H and O–H groups in total. The maximum atomic E-state index is 13.0. The second-order valence-corrected chi connectivity index (χ2v) is 8.98. The molecule has 2 aliphatic rings. The standard InChI is InChI=1S/C20H23N5O4S/c26-8-9-7-12(16(28)15(9)27)22-17-14(18(29)25-20(24-17)21-10-5-6-10)19-23-11-3-1-2-4-13(11)30-19/h1-4,9-10,12,15-16,26-28H,5-8H2,(H3,21,22,24,25,29). The summed E-state index contributed by atoms with van der Waals surface area (Å²) in [6, 6.07) is 7.38. The number of aromatic amines is 1. The summed E-state index contributed by atoms with van der Waals surface area (Å²) in [4.78, 5) is 25.0. The van der Waals surface area contributed by atoms with E-state index in [2.05, 4.69) is 25.6 Å². The first-order chi connectivity index (χ1) is 14.5. The molecule has 0 saturated heterocycles. The molecular formula is C20H23N5O4S. The normalized spacial score (nSPS) is 26.2. The van der Waals surface area contributed by atoms with Crippen molar-refractivity contribution in [2.45, 2.75) is 43.6 Å². The smallest absolute Gasteiger partial charge is 0.264 e. The van der Waals surface area contributed by atoms with Crippen LogP contribution in [-0.2, 0) is 0 Å². The lowest BCUT2D eigenvalue weighted by Crippen LogP contribution is -2.36. The molecule has 10 heteroatoms. The van der Waals surface area contributed by atoms with E-state index in [0.29, 0.717) is 34.8 Å². The number of rotatable bonds is 6. The summed E-state index contributed by atoms with van der Waals surface area (Å²) in [5, 5.41) is 36.9. The SMILES string of the molecule is O=c1[nH]c(NC2CC2)nc(NC2CC(CO)C(O)C2O)c1-c1nc2ccccc2s1. The Labute approximate surface area is 175 Å². The Morgan fingerprint density at radius 1 is 1.13 bits per heavy atom. The molecular weight excluding hydrogens is 406 g/mol. The quantitative estimate of drug-likeness (QED) is 0.342. The molecule has 158 valence electrons. The minimum Gasteiger partial charge on any atom is -0.396 e. The third-order valence-electron chi connectivity index (χ3n) is 5.70. The van der Waals surface area contributed by atoms with Crippen LogP contribution in [0.2, 0.25) is 0 Å². The van der Waals surface area contributed by atoms with Gasteiger partial charge in [-0.15, -0.1) is 11.3 Å². The van der Waals surface area contributed by atoms with Crippen molar-refractivity contribution in [3.8, 4) is 10.6 Å². The molecule has 0 aliphatic heterocycles. The number of aromatic nitrogens is 3. The number of aliphatic hydroxyl groups excluding tert-OH is 3. The lowest BCUT2D eigenvalue weighted by atomic mass is 10.1. The van der Waals surface area contributed by atoms with Gasteiger partial charge in [0, 0.05) is 18.6 Å². The predicted octanol–water partition coefficient (Wildman–Crippen LogP) is 1.14. The summed E-state index contributed by atoms with van der Waals surface area (Å²) < 4.78 is 0.953. The minimum atomic E-state index is -1.08. The van der Waals surface area contributed by atoms with Gasteiger partial charge in [0.05, 0.1) is 22.4 Å². The van der Waals surface area contributed by atoms with Crippen LogP contribution in [0.5, 0.6) is 0 Å². The van der Waals surface area contributed by atoms with Crippen LogP contribution in [0.4, 0.5) is 11.8 Å². The number of fused-ring (bicyclic) bond motifs is 1. The fourth-order valence-corrected chi connectivity index (χ4v) is 4.88. The highest BCUT2D eigenvalue weighted by Crippen LogP contribution is 2.35. The Hall–Kier alpha value is -2.53. The zero-order valence-electron chi connectivity index (χ0n) is 16.1. The molecule has 0 spiro atoms. The molecule has 4 atom stereocenters. The van der Waals surface area contributed by atoms with Gasteiger partial charge in [-0.25, -0.2) is 4.98 Å². The van der Waals surface area contributed by atoms with Gasteiger partial charge in [-0.05, 0) is 31.4 Å². The Morgan fingerprint density at radius 2 is 1.93 bits per heavy atom. The van der Waals surface area contributed by atoms with E-state index in [-0.39, 0.29) is 12.2 Å². The number of thiazole rings is 1. The maximum Gasteiger partial charge on any atom is 0.264 e. The molecule has 9 nitrogen and oxygen atoms in total. The van der Waals surface area contributed by atoms with Crippen LogP contribution in [0.15, 0.2) is 29.1 Å². The Balaban J connectivity index is 1.56. The van der Waals surface area contributed by atoms with E-state index in [4.69, 9.17) is 0 Å². The van der Waals surface area contributed by atoms with Gasteiger partial charge < -0.3 is 26.0 Å². The van der Waals surface area contributed by atoms with Crippen LogP contribution in [0, 0.1) is 5.92 Å². The van der Waals surface area contributed by atoms with Crippen LogP contribution >= 0.6 is 11.3 Å². The number of aliphatic hydroxyl groups is 3. The van der Waals surface area contributed by atoms with Gasteiger partial charge in [0.1, 0.15) is 22.5 Å². The van der Waals surface area contributed by atoms with Crippen molar-refractivity contribution in [1.82, 2.24) is 15.0 Å². The van der Waals surface area contributed by atoms with Gasteiger partial charge in [0.15, 0.2) is 0 Å². The van der Waals surface area contributed by atoms with Gasteiger partial charge in [0.2, 0.25) is 5.95 Å². The number of hydrogen-bond acceptors (Lipinski definition) is 9. The molecule has 2 fully saturated rings. The van der Waals surface area contributed by atoms with Crippen molar-refractivity contribution in [2.24, 2.45) is 5.92 Å². The molecule has 0 amide bonds. The Kier molecular flexibility index (Phi) is 4.94. The fraction of sp³-hybridized carbons (Fsp3) is 0.450. The first-order valence-corrected chi connectivity index (χ1v) is 10.9. The predicted molar refractivity (Wildman–Crippen MR) is 115 cm³/mol. The number of para-hydroxylation sites is 1. The number of nitrogens with one attached hydrogen (secondary N) is 3. The topological polar surface area (TPSA) is 143 Å². The molecule has 2 aliphatic carbocycles. The summed E-state index contributed by atoms with van der Waals surface area (Å²) in [6.45, 7) is -0.224. The van der Waals surface area contributed by atoms with Crippen LogP contribution in [0.3, 0.4) is 0 Å².